The summed E-state index contributed by atoms with van der Waals surface area (Å²) in [6.07, 6.45) is 5.07. The van der Waals surface area contributed by atoms with Crippen molar-refractivity contribution in [1.29, 1.82) is 0 Å². The van der Waals surface area contributed by atoms with Crippen molar-refractivity contribution in [3.05, 3.63) is 40.6 Å². The number of thiophene rings is 1. The van der Waals surface area contributed by atoms with Gasteiger partial charge < -0.3 is 9.88 Å². The number of aryl methyl sites for hydroxylation is 1. The molecule has 0 aromatic carbocycles. The number of imidazole rings is 1. The highest BCUT2D eigenvalue weighted by Gasteiger charge is 2.07. The Hall–Kier alpha value is -1.13. The van der Waals surface area contributed by atoms with Crippen molar-refractivity contribution < 1.29 is 0 Å². The highest BCUT2D eigenvalue weighted by molar-refractivity contribution is 7.10. The second-order valence-electron chi connectivity index (χ2n) is 4.15. The third kappa shape index (κ3) is 3.17. The molecule has 0 saturated heterocycles. The van der Waals surface area contributed by atoms with E-state index in [1.165, 1.54) is 4.88 Å². The summed E-state index contributed by atoms with van der Waals surface area (Å²) in [6, 6.07) is 4.65. The molecule has 0 bridgehead atoms. The van der Waals surface area contributed by atoms with E-state index >= 15 is 0 Å². The molecule has 17 heavy (non-hydrogen) atoms. The SMILES string of the molecule is CCCn1ccnc1CNC(C)c1cccs1. The zero-order valence-electron chi connectivity index (χ0n) is 10.4. The molecule has 0 radical (unpaired) electrons. The van der Waals surface area contributed by atoms with Crippen LogP contribution in [-0.4, -0.2) is 9.55 Å². The fourth-order valence-electron chi connectivity index (χ4n) is 1.83. The predicted molar refractivity (Wildman–Crippen MR) is 72.1 cm³/mol. The van der Waals surface area contributed by atoms with Gasteiger partial charge in [-0.05, 0) is 24.8 Å². The van der Waals surface area contributed by atoms with Crippen molar-refractivity contribution in [3.63, 3.8) is 0 Å². The Labute approximate surface area is 107 Å². The van der Waals surface area contributed by atoms with Crippen LogP contribution in [0, 0.1) is 0 Å². The minimum Gasteiger partial charge on any atom is -0.334 e. The molecule has 92 valence electrons. The Balaban J connectivity index is 1.91. The molecule has 2 aromatic rings. The molecule has 0 saturated carbocycles. The number of nitrogens with one attached hydrogen (secondary N) is 1. The second-order valence-corrected chi connectivity index (χ2v) is 5.13. The van der Waals surface area contributed by atoms with Crippen LogP contribution in [-0.2, 0) is 13.1 Å². The smallest absolute Gasteiger partial charge is 0.122 e. The van der Waals surface area contributed by atoms with Crippen LogP contribution < -0.4 is 5.32 Å². The Morgan fingerprint density at radius 3 is 3.12 bits per heavy atom. The summed E-state index contributed by atoms with van der Waals surface area (Å²) in [5.41, 5.74) is 0. The van der Waals surface area contributed by atoms with Gasteiger partial charge in [-0.3, -0.25) is 0 Å². The molecule has 2 rings (SSSR count). The van der Waals surface area contributed by atoms with Gasteiger partial charge in [0, 0.05) is 29.9 Å². The van der Waals surface area contributed by atoms with E-state index in [4.69, 9.17) is 0 Å². The number of aromatic nitrogens is 2. The minimum absolute atomic E-state index is 0.391. The van der Waals surface area contributed by atoms with Crippen LogP contribution >= 0.6 is 11.3 Å². The largest absolute Gasteiger partial charge is 0.334 e. The number of hydrogen-bond donors (Lipinski definition) is 1. The van der Waals surface area contributed by atoms with E-state index in [0.29, 0.717) is 6.04 Å². The summed E-state index contributed by atoms with van der Waals surface area (Å²) in [5, 5.41) is 5.63. The van der Waals surface area contributed by atoms with E-state index < -0.39 is 0 Å². The maximum absolute atomic E-state index is 4.39. The third-order valence-electron chi connectivity index (χ3n) is 2.80. The minimum atomic E-state index is 0.391. The molecule has 4 heteroatoms. The van der Waals surface area contributed by atoms with Crippen LogP contribution in [0.4, 0.5) is 0 Å². The highest BCUT2D eigenvalue weighted by atomic mass is 32.1. The molecule has 0 amide bonds. The van der Waals surface area contributed by atoms with Gasteiger partial charge in [0.1, 0.15) is 5.82 Å². The zero-order chi connectivity index (χ0) is 12.1. The molecule has 1 N–H and O–H groups in total. The lowest BCUT2D eigenvalue weighted by Gasteiger charge is -2.12. The van der Waals surface area contributed by atoms with Crippen molar-refractivity contribution in [2.75, 3.05) is 0 Å². The fourth-order valence-corrected chi connectivity index (χ4v) is 2.59. The second kappa shape index (κ2) is 5.98. The van der Waals surface area contributed by atoms with Crippen LogP contribution in [0.2, 0.25) is 0 Å². The van der Waals surface area contributed by atoms with Gasteiger partial charge in [-0.25, -0.2) is 4.98 Å². The summed E-state index contributed by atoms with van der Waals surface area (Å²) in [6.45, 7) is 6.25. The Bertz CT molecular complexity index is 433. The van der Waals surface area contributed by atoms with Crippen LogP contribution in [0.25, 0.3) is 0 Å². The first-order valence-electron chi connectivity index (χ1n) is 6.08. The van der Waals surface area contributed by atoms with Gasteiger partial charge in [0.05, 0.1) is 6.54 Å². The molecular formula is C13H19N3S. The molecule has 1 atom stereocenters. The molecule has 2 aromatic heterocycles. The molecular weight excluding hydrogens is 230 g/mol. The monoisotopic (exact) mass is 249 g/mol. The van der Waals surface area contributed by atoms with E-state index in [-0.39, 0.29) is 0 Å². The van der Waals surface area contributed by atoms with E-state index in [0.717, 1.165) is 25.3 Å². The number of hydrogen-bond acceptors (Lipinski definition) is 3. The van der Waals surface area contributed by atoms with Crippen LogP contribution in [0.1, 0.15) is 37.0 Å². The summed E-state index contributed by atoms with van der Waals surface area (Å²) in [7, 11) is 0. The van der Waals surface area contributed by atoms with Gasteiger partial charge >= 0.3 is 0 Å². The highest BCUT2D eigenvalue weighted by Crippen LogP contribution is 2.18. The van der Waals surface area contributed by atoms with Gasteiger partial charge in [-0.15, -0.1) is 11.3 Å². The van der Waals surface area contributed by atoms with E-state index in [2.05, 4.69) is 52.4 Å². The molecule has 2 heterocycles. The predicted octanol–water partition coefficient (Wildman–Crippen LogP) is 3.21. The van der Waals surface area contributed by atoms with E-state index in [1.807, 2.05) is 6.20 Å². The van der Waals surface area contributed by atoms with Crippen LogP contribution in [0.15, 0.2) is 29.9 Å². The van der Waals surface area contributed by atoms with Crippen molar-refractivity contribution >= 4 is 11.3 Å². The van der Waals surface area contributed by atoms with Crippen molar-refractivity contribution in [2.24, 2.45) is 0 Å². The molecule has 0 aliphatic heterocycles. The maximum atomic E-state index is 4.39. The Morgan fingerprint density at radius 1 is 1.53 bits per heavy atom. The molecule has 0 aliphatic rings. The van der Waals surface area contributed by atoms with E-state index in [9.17, 15) is 0 Å². The summed E-state index contributed by atoms with van der Waals surface area (Å²) in [4.78, 5) is 5.77. The lowest BCUT2D eigenvalue weighted by atomic mass is 10.3. The average molecular weight is 249 g/mol. The van der Waals surface area contributed by atoms with Gasteiger partial charge in [-0.2, -0.15) is 0 Å². The first-order valence-corrected chi connectivity index (χ1v) is 6.96. The lowest BCUT2D eigenvalue weighted by molar-refractivity contribution is 0.537. The standard InChI is InChI=1S/C13H19N3S/c1-3-7-16-8-6-14-13(16)10-15-11(2)12-5-4-9-17-12/h4-6,8-9,11,15H,3,7,10H2,1-2H3. The third-order valence-corrected chi connectivity index (χ3v) is 3.86. The van der Waals surface area contributed by atoms with Crippen LogP contribution in [0.5, 0.6) is 0 Å². The zero-order valence-corrected chi connectivity index (χ0v) is 11.2. The number of rotatable bonds is 6. The Morgan fingerprint density at radius 2 is 2.41 bits per heavy atom. The number of nitrogens with zero attached hydrogens (tertiary/aromatic N) is 2. The van der Waals surface area contributed by atoms with E-state index in [1.54, 1.807) is 11.3 Å². The van der Waals surface area contributed by atoms with Crippen molar-refractivity contribution in [3.8, 4) is 0 Å². The molecule has 1 unspecified atom stereocenters. The van der Waals surface area contributed by atoms with Crippen molar-refractivity contribution in [2.45, 2.75) is 39.4 Å². The average Bonchev–Trinajstić information content (AvgIpc) is 2.97. The summed E-state index contributed by atoms with van der Waals surface area (Å²) < 4.78 is 2.22. The molecule has 0 spiro atoms. The normalized spacial score (nSPS) is 12.8. The maximum Gasteiger partial charge on any atom is 0.122 e. The van der Waals surface area contributed by atoms with Gasteiger partial charge in [0.15, 0.2) is 0 Å². The Kier molecular flexibility index (Phi) is 4.34. The molecule has 0 fully saturated rings. The summed E-state index contributed by atoms with van der Waals surface area (Å²) >= 11 is 1.79. The molecule has 3 nitrogen and oxygen atoms in total. The van der Waals surface area contributed by atoms with Gasteiger partial charge in [0.25, 0.3) is 0 Å². The van der Waals surface area contributed by atoms with Gasteiger partial charge in [-0.1, -0.05) is 13.0 Å². The fraction of sp³-hybridized carbons (Fsp3) is 0.462. The quantitative estimate of drug-likeness (QED) is 0.852. The lowest BCUT2D eigenvalue weighted by Crippen LogP contribution is -2.20. The van der Waals surface area contributed by atoms with Crippen molar-refractivity contribution in [1.82, 2.24) is 14.9 Å². The first-order chi connectivity index (χ1) is 8.31. The van der Waals surface area contributed by atoms with Crippen LogP contribution in [0.3, 0.4) is 0 Å². The van der Waals surface area contributed by atoms with Gasteiger partial charge in [0.2, 0.25) is 0 Å². The summed E-state index contributed by atoms with van der Waals surface area (Å²) in [5.74, 6) is 1.12. The molecule has 0 aliphatic carbocycles. The first kappa shape index (κ1) is 12.3. The topological polar surface area (TPSA) is 29.9 Å².